The van der Waals surface area contributed by atoms with Gasteiger partial charge in [-0.1, -0.05) is 63.7 Å². The molecule has 8 heteroatoms. The van der Waals surface area contributed by atoms with E-state index in [1.807, 2.05) is 27.7 Å². The molecule has 0 spiro atoms. The first kappa shape index (κ1) is 23.8. The molecule has 2 fully saturated rings. The molecule has 0 bridgehead atoms. The van der Waals surface area contributed by atoms with Crippen LogP contribution in [0.25, 0.3) is 0 Å². The highest BCUT2D eigenvalue weighted by molar-refractivity contribution is 9.10. The Morgan fingerprint density at radius 1 is 0.542 bits per heavy atom. The number of hydrogen-bond acceptors (Lipinski definition) is 4. The average molecular weight is 604 g/mol. The second kappa shape index (κ2) is 9.80. The number of rotatable bonds is 4. The fourth-order valence-electron chi connectivity index (χ4n) is 1.85. The van der Waals surface area contributed by atoms with Gasteiger partial charge >= 0.3 is 0 Å². The van der Waals surface area contributed by atoms with Crippen LogP contribution in [0.3, 0.4) is 0 Å². The molecule has 0 unspecified atom stereocenters. The largest absolute Gasteiger partial charge is 0.350 e. The number of ether oxygens (including phenoxy) is 4. The van der Waals surface area contributed by atoms with E-state index in [1.165, 1.54) is 0 Å². The lowest BCUT2D eigenvalue weighted by Crippen LogP contribution is -2.48. The highest BCUT2D eigenvalue weighted by Crippen LogP contribution is 2.33. The summed E-state index contributed by atoms with van der Waals surface area (Å²) in [6, 6.07) is 0. The highest BCUT2D eigenvalue weighted by Gasteiger charge is 2.39. The minimum Gasteiger partial charge on any atom is -0.350 e. The minimum absolute atomic E-state index is 0.107. The van der Waals surface area contributed by atoms with Crippen LogP contribution in [0.5, 0.6) is 0 Å². The quantitative estimate of drug-likeness (QED) is 0.420. The molecule has 0 radical (unpaired) electrons. The van der Waals surface area contributed by atoms with Crippen molar-refractivity contribution in [1.82, 2.24) is 0 Å². The van der Waals surface area contributed by atoms with Crippen LogP contribution in [-0.2, 0) is 18.9 Å². The van der Waals surface area contributed by atoms with Crippen LogP contribution < -0.4 is 0 Å². The van der Waals surface area contributed by atoms with E-state index in [-0.39, 0.29) is 10.8 Å². The second-order valence-electron chi connectivity index (χ2n) is 7.49. The summed E-state index contributed by atoms with van der Waals surface area (Å²) in [6.07, 6.45) is 0. The summed E-state index contributed by atoms with van der Waals surface area (Å²) in [4.78, 5) is 0. The zero-order valence-electron chi connectivity index (χ0n) is 14.8. The molecule has 4 nitrogen and oxygen atoms in total. The van der Waals surface area contributed by atoms with E-state index in [4.69, 9.17) is 18.9 Å². The standard InChI is InChI=1S/2C8H14Br2O2/c2*1-7(2)11-5-8(3-9,4-10)6-12-7/h2*3-6H2,1-2H3. The van der Waals surface area contributed by atoms with Gasteiger partial charge in [0.15, 0.2) is 11.6 Å². The van der Waals surface area contributed by atoms with E-state index in [1.54, 1.807) is 0 Å². The predicted molar refractivity (Wildman–Crippen MR) is 112 cm³/mol. The monoisotopic (exact) mass is 600 g/mol. The molecule has 144 valence electrons. The maximum atomic E-state index is 5.58. The van der Waals surface area contributed by atoms with Crippen molar-refractivity contribution in [2.24, 2.45) is 10.8 Å². The fraction of sp³-hybridized carbons (Fsp3) is 1.00. The molecule has 2 aliphatic heterocycles. The van der Waals surface area contributed by atoms with Crippen molar-refractivity contribution in [3.05, 3.63) is 0 Å². The topological polar surface area (TPSA) is 36.9 Å². The van der Waals surface area contributed by atoms with Crippen molar-refractivity contribution >= 4 is 63.7 Å². The molecule has 0 aromatic rings. The molecule has 2 heterocycles. The lowest BCUT2D eigenvalue weighted by molar-refractivity contribution is -0.277. The van der Waals surface area contributed by atoms with Crippen molar-refractivity contribution in [3.63, 3.8) is 0 Å². The molecule has 0 aliphatic carbocycles. The Balaban J connectivity index is 0.000000240. The number of hydrogen-bond donors (Lipinski definition) is 0. The Morgan fingerprint density at radius 2 is 0.750 bits per heavy atom. The first-order valence-corrected chi connectivity index (χ1v) is 12.4. The van der Waals surface area contributed by atoms with E-state index in [0.29, 0.717) is 0 Å². The van der Waals surface area contributed by atoms with E-state index in [9.17, 15) is 0 Å². The van der Waals surface area contributed by atoms with Crippen LogP contribution in [0, 0.1) is 10.8 Å². The zero-order chi connectivity index (χ0) is 18.5. The molecule has 0 aromatic carbocycles. The summed E-state index contributed by atoms with van der Waals surface area (Å²) in [5.74, 6) is -0.818. The molecule has 0 N–H and O–H groups in total. The van der Waals surface area contributed by atoms with Crippen molar-refractivity contribution in [3.8, 4) is 0 Å². The van der Waals surface area contributed by atoms with Crippen molar-refractivity contribution in [2.75, 3.05) is 47.7 Å². The third-order valence-electron chi connectivity index (χ3n) is 4.04. The second-order valence-corrected chi connectivity index (χ2v) is 9.73. The summed E-state index contributed by atoms with van der Waals surface area (Å²) in [7, 11) is 0. The van der Waals surface area contributed by atoms with E-state index in [2.05, 4.69) is 63.7 Å². The molecule has 2 aliphatic rings. The van der Waals surface area contributed by atoms with Crippen molar-refractivity contribution in [2.45, 2.75) is 39.3 Å². The summed E-state index contributed by atoms with van der Waals surface area (Å²) >= 11 is 13.9. The predicted octanol–water partition coefficient (Wildman–Crippen LogP) is 5.09. The van der Waals surface area contributed by atoms with Gasteiger partial charge in [0.2, 0.25) is 0 Å². The minimum atomic E-state index is -0.409. The Bertz CT molecular complexity index is 322. The number of alkyl halides is 4. The SMILES string of the molecule is CC1(C)OCC(CBr)(CBr)CO1.CC1(C)OCC(CBr)(CBr)CO1. The maximum absolute atomic E-state index is 5.58. The zero-order valence-corrected chi connectivity index (χ0v) is 21.1. The Labute approximate surface area is 179 Å². The summed E-state index contributed by atoms with van der Waals surface area (Å²) in [5, 5.41) is 3.62. The van der Waals surface area contributed by atoms with Crippen LogP contribution in [0.15, 0.2) is 0 Å². The molecule has 2 rings (SSSR count). The van der Waals surface area contributed by atoms with E-state index in [0.717, 1.165) is 47.7 Å². The van der Waals surface area contributed by atoms with Gasteiger partial charge < -0.3 is 18.9 Å². The Kier molecular flexibility index (Phi) is 9.72. The molecule has 0 amide bonds. The Morgan fingerprint density at radius 3 is 0.917 bits per heavy atom. The van der Waals surface area contributed by atoms with Crippen molar-refractivity contribution in [1.29, 1.82) is 0 Å². The molecule has 0 atom stereocenters. The lowest BCUT2D eigenvalue weighted by Gasteiger charge is -2.41. The summed E-state index contributed by atoms with van der Waals surface area (Å²) in [5.41, 5.74) is 0.213. The van der Waals surface area contributed by atoms with Crippen LogP contribution in [0.1, 0.15) is 27.7 Å². The molecule has 0 aromatic heterocycles. The van der Waals surface area contributed by atoms with Gasteiger partial charge in [-0.3, -0.25) is 0 Å². The van der Waals surface area contributed by atoms with Crippen molar-refractivity contribution < 1.29 is 18.9 Å². The molecule has 2 saturated heterocycles. The smallest absolute Gasteiger partial charge is 0.162 e. The normalized spacial score (nSPS) is 27.0. The van der Waals surface area contributed by atoms with Crippen LogP contribution in [-0.4, -0.2) is 59.3 Å². The van der Waals surface area contributed by atoms with Gasteiger partial charge in [-0.2, -0.15) is 0 Å². The third-order valence-corrected chi connectivity index (χ3v) is 8.80. The van der Waals surface area contributed by atoms with Gasteiger partial charge in [-0.25, -0.2) is 0 Å². The number of halogens is 4. The van der Waals surface area contributed by atoms with Gasteiger partial charge in [-0.15, -0.1) is 0 Å². The van der Waals surface area contributed by atoms with Crippen LogP contribution >= 0.6 is 63.7 Å². The van der Waals surface area contributed by atoms with Gasteiger partial charge in [0.1, 0.15) is 0 Å². The van der Waals surface area contributed by atoms with Crippen LogP contribution in [0.2, 0.25) is 0 Å². The van der Waals surface area contributed by atoms with E-state index < -0.39 is 11.6 Å². The van der Waals surface area contributed by atoms with Gasteiger partial charge in [0.05, 0.1) is 26.4 Å². The maximum Gasteiger partial charge on any atom is 0.162 e. The first-order valence-electron chi connectivity index (χ1n) is 7.87. The highest BCUT2D eigenvalue weighted by atomic mass is 79.9. The Hall–Kier alpha value is 1.76. The van der Waals surface area contributed by atoms with Crippen LogP contribution in [0.4, 0.5) is 0 Å². The molecular formula is C16H28Br4O4. The molecule has 24 heavy (non-hydrogen) atoms. The average Bonchev–Trinajstić information content (AvgIpc) is 2.57. The fourth-order valence-corrected chi connectivity index (χ4v) is 5.01. The van der Waals surface area contributed by atoms with E-state index >= 15 is 0 Å². The molecule has 0 saturated carbocycles. The van der Waals surface area contributed by atoms with Gasteiger partial charge in [0, 0.05) is 32.2 Å². The lowest BCUT2D eigenvalue weighted by atomic mass is 9.95. The van der Waals surface area contributed by atoms with Gasteiger partial charge in [0.25, 0.3) is 0 Å². The van der Waals surface area contributed by atoms with Gasteiger partial charge in [-0.05, 0) is 27.7 Å². The first-order chi connectivity index (χ1) is 11.1. The summed E-state index contributed by atoms with van der Waals surface area (Å²) in [6.45, 7) is 10.8. The third kappa shape index (κ3) is 7.06. The summed E-state index contributed by atoms with van der Waals surface area (Å²) < 4.78 is 22.3. The molecular weight excluding hydrogens is 576 g/mol.